The second kappa shape index (κ2) is 27.4. The molecule has 12 aromatic rings. The van der Waals surface area contributed by atoms with Gasteiger partial charge in [0.15, 0.2) is 0 Å². The number of hydrogen-bond donors (Lipinski definition) is 0. The summed E-state index contributed by atoms with van der Waals surface area (Å²) in [4.78, 5) is 9.60. The molecule has 4 heteroatoms. The van der Waals surface area contributed by atoms with E-state index >= 15 is 0 Å². The summed E-state index contributed by atoms with van der Waals surface area (Å²) in [6, 6.07) is 118. The van der Waals surface area contributed by atoms with E-state index in [0.717, 1.165) is 70.9 Å². The van der Waals surface area contributed by atoms with Gasteiger partial charge in [-0.3, -0.25) is 0 Å². The van der Waals surface area contributed by atoms with Gasteiger partial charge >= 0.3 is 0 Å². The Morgan fingerprint density at radius 3 is 0.936 bits per heavy atom. The lowest BCUT2D eigenvalue weighted by Gasteiger charge is -2.34. The van der Waals surface area contributed by atoms with Crippen molar-refractivity contribution >= 4 is 56.8 Å². The molecule has 0 saturated heterocycles. The smallest absolute Gasteiger partial charge is 0.0560 e. The third-order valence-electron chi connectivity index (χ3n) is 18.5. The minimum absolute atomic E-state index is 0.205. The molecule has 94 heavy (non-hydrogen) atoms. The average Bonchev–Trinajstić information content (AvgIpc) is 0.916. The summed E-state index contributed by atoms with van der Waals surface area (Å²) in [7, 11) is 0. The minimum atomic E-state index is 0.205. The highest BCUT2D eigenvalue weighted by atomic mass is 15.2. The van der Waals surface area contributed by atoms with Gasteiger partial charge in [0, 0.05) is 68.5 Å². The molecule has 0 amide bonds. The van der Waals surface area contributed by atoms with Crippen molar-refractivity contribution in [3.05, 3.63) is 399 Å². The summed E-state index contributed by atoms with van der Waals surface area (Å²) in [6.45, 7) is 0. The van der Waals surface area contributed by atoms with Gasteiger partial charge in [-0.2, -0.15) is 0 Å². The lowest BCUT2D eigenvalue weighted by Crippen LogP contribution is -2.30. The normalized spacial score (nSPS) is 15.0. The number of rotatable bonds is 18. The fraction of sp³-hybridized carbons (Fsp3) is 0.0667. The molecule has 0 heterocycles. The highest BCUT2D eigenvalue weighted by molar-refractivity contribution is 5.83. The molecular weight excluding hydrogens is 1140 g/mol. The summed E-state index contributed by atoms with van der Waals surface area (Å²) >= 11 is 0. The van der Waals surface area contributed by atoms with Crippen molar-refractivity contribution in [2.45, 2.75) is 31.7 Å². The van der Waals surface area contributed by atoms with Crippen molar-refractivity contribution in [2.75, 3.05) is 19.6 Å². The maximum atomic E-state index is 2.48. The Morgan fingerprint density at radius 2 is 0.574 bits per heavy atom. The molecule has 2 unspecified atom stereocenters. The van der Waals surface area contributed by atoms with Crippen LogP contribution in [0.5, 0.6) is 0 Å². The molecule has 0 radical (unpaired) electrons. The molecule has 0 fully saturated rings. The zero-order chi connectivity index (χ0) is 62.8. The summed E-state index contributed by atoms with van der Waals surface area (Å²) in [5.74, 6) is 0.321. The van der Waals surface area contributed by atoms with E-state index in [4.69, 9.17) is 0 Å². The van der Waals surface area contributed by atoms with E-state index in [1.165, 1.54) is 78.5 Å². The van der Waals surface area contributed by atoms with Crippen LogP contribution in [0.15, 0.2) is 393 Å². The van der Waals surface area contributed by atoms with Crippen LogP contribution in [0.4, 0.5) is 51.2 Å². The average molecular weight is 1210 g/mol. The Labute approximate surface area is 554 Å². The number of hydrogen-bond acceptors (Lipinski definition) is 4. The molecule has 12 aromatic carbocycles. The number of para-hydroxylation sites is 4. The van der Waals surface area contributed by atoms with Crippen molar-refractivity contribution < 1.29 is 0 Å². The molecule has 3 aliphatic carbocycles. The number of allylic oxidation sites excluding steroid dienone is 9. The number of nitrogens with zero attached hydrogens (tertiary/aromatic N) is 4. The first-order chi connectivity index (χ1) is 46.6. The molecule has 4 nitrogen and oxygen atoms in total. The maximum Gasteiger partial charge on any atom is 0.0560 e. The Morgan fingerprint density at radius 1 is 0.245 bits per heavy atom. The minimum Gasteiger partial charge on any atom is -0.334 e. The van der Waals surface area contributed by atoms with Gasteiger partial charge in [0.25, 0.3) is 0 Å². The topological polar surface area (TPSA) is 13.0 Å². The van der Waals surface area contributed by atoms with Crippen LogP contribution in [-0.2, 0) is 0 Å². The van der Waals surface area contributed by atoms with Crippen LogP contribution >= 0.6 is 0 Å². The zero-order valence-corrected chi connectivity index (χ0v) is 52.6. The van der Waals surface area contributed by atoms with E-state index in [-0.39, 0.29) is 6.04 Å². The van der Waals surface area contributed by atoms with Gasteiger partial charge in [-0.15, -0.1) is 0 Å². The SMILES string of the molecule is C1=CC(N(c2ccccc2)c2ccc(-c3ccccc3)cc2)CC=C1C1C=CC(N(C2=CC=C(c3ccc(-c4ccc(N(c5ccccc5)c5ccc(-c6ccc(N(c7ccccc7)c7ccc(-c8ccccc8)cc7)cc6)cc5)cc4)cc3)CC2)c2ccccc2)=CC1. The zero-order valence-electron chi connectivity index (χ0n) is 52.6. The van der Waals surface area contributed by atoms with Crippen LogP contribution in [-0.4, -0.2) is 6.04 Å². The molecule has 0 aliphatic heterocycles. The third-order valence-corrected chi connectivity index (χ3v) is 18.5. The number of benzene rings is 12. The van der Waals surface area contributed by atoms with Crippen molar-refractivity contribution in [2.24, 2.45) is 5.92 Å². The Bertz CT molecular complexity index is 4690. The fourth-order valence-electron chi connectivity index (χ4n) is 13.6. The Kier molecular flexibility index (Phi) is 17.1. The molecule has 15 rings (SSSR count). The van der Waals surface area contributed by atoms with Crippen molar-refractivity contribution in [1.82, 2.24) is 0 Å². The molecule has 0 saturated carbocycles. The van der Waals surface area contributed by atoms with Gasteiger partial charge in [0.1, 0.15) is 0 Å². The van der Waals surface area contributed by atoms with E-state index in [1.54, 1.807) is 0 Å². The summed E-state index contributed by atoms with van der Waals surface area (Å²) in [5.41, 5.74) is 26.3. The first-order valence-electron chi connectivity index (χ1n) is 32.9. The Balaban J connectivity index is 0.609. The lowest BCUT2D eigenvalue weighted by atomic mass is 9.86. The summed E-state index contributed by atoms with van der Waals surface area (Å²) < 4.78 is 0. The quantitative estimate of drug-likeness (QED) is 0.0849. The van der Waals surface area contributed by atoms with Crippen LogP contribution < -0.4 is 19.6 Å². The van der Waals surface area contributed by atoms with Crippen molar-refractivity contribution in [1.29, 1.82) is 0 Å². The second-order valence-electron chi connectivity index (χ2n) is 24.3. The van der Waals surface area contributed by atoms with Gasteiger partial charge in [0.05, 0.1) is 6.04 Å². The summed E-state index contributed by atoms with van der Waals surface area (Å²) in [6.07, 6.45) is 22.9. The Hall–Kier alpha value is -11.7. The number of anilines is 9. The predicted octanol–water partition coefficient (Wildman–Crippen LogP) is 24.4. The van der Waals surface area contributed by atoms with E-state index in [2.05, 4.69) is 396 Å². The van der Waals surface area contributed by atoms with Crippen LogP contribution in [0.1, 0.15) is 31.2 Å². The molecule has 0 bridgehead atoms. The summed E-state index contributed by atoms with van der Waals surface area (Å²) in [5, 5.41) is 0. The molecule has 3 aliphatic rings. The molecule has 0 aromatic heterocycles. The van der Waals surface area contributed by atoms with E-state index in [1.807, 2.05) is 0 Å². The highest BCUT2D eigenvalue weighted by Gasteiger charge is 2.26. The molecule has 0 spiro atoms. The van der Waals surface area contributed by atoms with Gasteiger partial charge in [-0.1, -0.05) is 255 Å². The second-order valence-corrected chi connectivity index (χ2v) is 24.3. The van der Waals surface area contributed by atoms with Gasteiger partial charge in [-0.05, 0) is 208 Å². The van der Waals surface area contributed by atoms with Crippen molar-refractivity contribution in [3.8, 4) is 44.5 Å². The largest absolute Gasteiger partial charge is 0.334 e. The molecule has 452 valence electrons. The van der Waals surface area contributed by atoms with Gasteiger partial charge < -0.3 is 19.6 Å². The van der Waals surface area contributed by atoms with Crippen molar-refractivity contribution in [3.63, 3.8) is 0 Å². The third kappa shape index (κ3) is 12.8. The fourth-order valence-corrected chi connectivity index (χ4v) is 13.6. The standard InChI is InChI=1S/C90H72N4/c1-7-19-67(20-8-1)71-35-51-83(52-36-71)91(79-23-11-3-12-24-79)87-59-43-75(44-60-87)77-47-63-89(64-48-77)93(81-27-15-5-16-28-81)85-55-39-73(40-56-85)69-31-33-70(34-32-69)74-41-57-86(58-42-74)94(82-29-17-6-18-30-82)90-65-49-78(50-66-90)76-45-61-88(62-46-76)92(80-25-13-4-14-26-80)84-53-37-72(38-54-84)68-21-9-2-10-22-68/h1-41,43-49,51-57,59-61,63-66,78,88H,42,50,58,62H2. The van der Waals surface area contributed by atoms with Crippen LogP contribution in [0, 0.1) is 5.92 Å². The molecular formula is C90H72N4. The van der Waals surface area contributed by atoms with E-state index in [9.17, 15) is 0 Å². The van der Waals surface area contributed by atoms with Crippen LogP contribution in [0.2, 0.25) is 0 Å². The van der Waals surface area contributed by atoms with E-state index in [0.29, 0.717) is 5.92 Å². The highest BCUT2D eigenvalue weighted by Crippen LogP contribution is 2.42. The lowest BCUT2D eigenvalue weighted by molar-refractivity contribution is 0.726. The maximum absolute atomic E-state index is 2.48. The monoisotopic (exact) mass is 1210 g/mol. The first kappa shape index (κ1) is 58.6. The van der Waals surface area contributed by atoms with Gasteiger partial charge in [0.2, 0.25) is 0 Å². The first-order valence-corrected chi connectivity index (χ1v) is 32.9. The van der Waals surface area contributed by atoms with Gasteiger partial charge in [-0.25, -0.2) is 0 Å². The molecule has 0 N–H and O–H groups in total. The predicted molar refractivity (Wildman–Crippen MR) is 398 cm³/mol. The molecule has 2 atom stereocenters. The van der Waals surface area contributed by atoms with E-state index < -0.39 is 0 Å². The van der Waals surface area contributed by atoms with Crippen LogP contribution in [0.3, 0.4) is 0 Å². The van der Waals surface area contributed by atoms with Crippen LogP contribution in [0.25, 0.3) is 50.1 Å².